The minimum Gasteiger partial charge on any atom is -0.464 e. The van der Waals surface area contributed by atoms with Gasteiger partial charge in [-0.2, -0.15) is 0 Å². The number of nitrogens with zero attached hydrogens (tertiary/aromatic N) is 2. The number of amides is 1. The second-order valence-corrected chi connectivity index (χ2v) is 10.6. The summed E-state index contributed by atoms with van der Waals surface area (Å²) >= 11 is 0. The molecule has 0 unspecified atom stereocenters. The van der Waals surface area contributed by atoms with Crippen LogP contribution in [-0.2, 0) is 6.42 Å². The third-order valence-electron chi connectivity index (χ3n) is 8.02. The summed E-state index contributed by atoms with van der Waals surface area (Å²) in [5.74, 6) is 0.196. The molecule has 0 aliphatic heterocycles. The molecule has 37 heavy (non-hydrogen) atoms. The van der Waals surface area contributed by atoms with Crippen molar-refractivity contribution in [2.75, 3.05) is 25.5 Å². The minimum atomic E-state index is -0.463. The van der Waals surface area contributed by atoms with E-state index < -0.39 is 5.91 Å². The van der Waals surface area contributed by atoms with Crippen molar-refractivity contribution in [1.82, 2.24) is 9.88 Å². The number of hydrogen-bond acceptors (Lipinski definition) is 5. The molecule has 3 aromatic rings. The number of H-pyrrole nitrogens is 1. The van der Waals surface area contributed by atoms with Crippen LogP contribution < -0.4 is 16.2 Å². The number of benzene rings is 1. The van der Waals surface area contributed by atoms with E-state index >= 15 is 0 Å². The number of anilines is 1. The normalized spacial score (nSPS) is 17.8. The zero-order valence-electron chi connectivity index (χ0n) is 23.0. The first kappa shape index (κ1) is 26.7. The van der Waals surface area contributed by atoms with Crippen molar-refractivity contribution in [1.29, 1.82) is 0 Å². The molecular formula is C30H40N4O3. The van der Waals surface area contributed by atoms with E-state index in [9.17, 15) is 9.59 Å². The number of carbonyl (C=O) groups is 1. The molecule has 7 heteroatoms. The highest BCUT2D eigenvalue weighted by Gasteiger charge is 2.31. The van der Waals surface area contributed by atoms with Crippen LogP contribution in [0.5, 0.6) is 0 Å². The Labute approximate surface area is 219 Å². The molecule has 0 bridgehead atoms. The van der Waals surface area contributed by atoms with E-state index in [0.717, 1.165) is 71.4 Å². The number of furan rings is 1. The Morgan fingerprint density at radius 2 is 1.76 bits per heavy atom. The topological polar surface area (TPSA) is 95.6 Å². The molecule has 1 aliphatic rings. The van der Waals surface area contributed by atoms with Crippen LogP contribution in [0.2, 0.25) is 0 Å². The highest BCUT2D eigenvalue weighted by molar-refractivity contribution is 5.98. The number of aromatic amines is 1. The van der Waals surface area contributed by atoms with Crippen LogP contribution in [0.15, 0.2) is 39.7 Å². The highest BCUT2D eigenvalue weighted by atomic mass is 16.3. The summed E-state index contributed by atoms with van der Waals surface area (Å²) in [5.41, 5.74) is 12.5. The molecule has 1 aromatic carbocycles. The molecule has 0 saturated heterocycles. The number of pyridine rings is 1. The van der Waals surface area contributed by atoms with Crippen molar-refractivity contribution < 1.29 is 9.21 Å². The number of aryl methyl sites for hydroxylation is 2. The van der Waals surface area contributed by atoms with Gasteiger partial charge in [-0.25, -0.2) is 0 Å². The molecule has 0 spiro atoms. The minimum absolute atomic E-state index is 0.0833. The van der Waals surface area contributed by atoms with Gasteiger partial charge < -0.3 is 24.9 Å². The fourth-order valence-corrected chi connectivity index (χ4v) is 6.06. The van der Waals surface area contributed by atoms with Crippen LogP contribution in [0.1, 0.15) is 70.9 Å². The number of hydrogen-bond donors (Lipinski definition) is 2. The van der Waals surface area contributed by atoms with Gasteiger partial charge in [-0.3, -0.25) is 9.59 Å². The van der Waals surface area contributed by atoms with Gasteiger partial charge in [-0.05, 0) is 108 Å². The van der Waals surface area contributed by atoms with Gasteiger partial charge in [0, 0.05) is 53.1 Å². The number of carbonyl (C=O) groups excluding carboxylic acids is 1. The SMILES string of the molecule is CCN(c1c(C)c(C(N)=O)cc(-c2ccco2)c1Cc1c(C)cc(C)[nH]c1=O)C1CCC(N(C)C)CC1. The summed E-state index contributed by atoms with van der Waals surface area (Å²) in [6.07, 6.45) is 6.44. The number of primary amides is 1. The monoisotopic (exact) mass is 504 g/mol. The van der Waals surface area contributed by atoms with Gasteiger partial charge in [0.1, 0.15) is 5.76 Å². The fourth-order valence-electron chi connectivity index (χ4n) is 6.06. The first-order chi connectivity index (χ1) is 17.6. The maximum absolute atomic E-state index is 13.1. The van der Waals surface area contributed by atoms with E-state index in [2.05, 4.69) is 35.8 Å². The Balaban J connectivity index is 1.93. The summed E-state index contributed by atoms with van der Waals surface area (Å²) in [6, 6.07) is 8.50. The largest absolute Gasteiger partial charge is 0.464 e. The Kier molecular flexibility index (Phi) is 7.93. The van der Waals surface area contributed by atoms with Crippen molar-refractivity contribution in [3.63, 3.8) is 0 Å². The third-order valence-corrected chi connectivity index (χ3v) is 8.02. The summed E-state index contributed by atoms with van der Waals surface area (Å²) < 4.78 is 5.84. The lowest BCUT2D eigenvalue weighted by atomic mass is 9.86. The first-order valence-electron chi connectivity index (χ1n) is 13.2. The van der Waals surface area contributed by atoms with Crippen LogP contribution >= 0.6 is 0 Å². The summed E-state index contributed by atoms with van der Waals surface area (Å²) in [4.78, 5) is 33.5. The molecular weight excluding hydrogens is 464 g/mol. The molecule has 1 amide bonds. The number of aromatic nitrogens is 1. The Morgan fingerprint density at radius 1 is 1.08 bits per heavy atom. The number of rotatable bonds is 8. The third kappa shape index (κ3) is 5.37. The van der Waals surface area contributed by atoms with Crippen LogP contribution in [0.25, 0.3) is 11.3 Å². The molecule has 198 valence electrons. The van der Waals surface area contributed by atoms with E-state index in [1.165, 1.54) is 0 Å². The van der Waals surface area contributed by atoms with Gasteiger partial charge in [-0.1, -0.05) is 0 Å². The van der Waals surface area contributed by atoms with E-state index in [1.807, 2.05) is 45.0 Å². The lowest BCUT2D eigenvalue weighted by molar-refractivity contribution is 0.0999. The van der Waals surface area contributed by atoms with Crippen LogP contribution in [-0.4, -0.2) is 48.5 Å². The molecule has 0 radical (unpaired) electrons. The Hall–Kier alpha value is -3.32. The zero-order chi connectivity index (χ0) is 26.9. The van der Waals surface area contributed by atoms with Crippen LogP contribution in [0, 0.1) is 20.8 Å². The standard InChI is InChI=1S/C30H40N4O3/c1-7-34(22-12-10-21(11-13-22)33(5)6)28-20(4)24(29(31)35)17-25(27-9-8-14-37-27)26(28)16-23-18(2)15-19(3)32-30(23)36/h8-9,14-15,17,21-22H,7,10-13,16H2,1-6H3,(H2,31,35)(H,32,36). The molecule has 1 fully saturated rings. The second-order valence-electron chi connectivity index (χ2n) is 10.6. The maximum Gasteiger partial charge on any atom is 0.251 e. The second kappa shape index (κ2) is 11.0. The van der Waals surface area contributed by atoms with Crippen LogP contribution in [0.4, 0.5) is 5.69 Å². The average molecular weight is 505 g/mol. The smallest absolute Gasteiger partial charge is 0.251 e. The molecule has 1 saturated carbocycles. The van der Waals surface area contributed by atoms with Gasteiger partial charge in [0.05, 0.1) is 6.26 Å². The van der Waals surface area contributed by atoms with E-state index in [-0.39, 0.29) is 5.56 Å². The molecule has 4 rings (SSSR count). The van der Waals surface area contributed by atoms with Gasteiger partial charge in [0.2, 0.25) is 5.91 Å². The Bertz CT molecular complexity index is 1320. The predicted octanol–water partition coefficient (Wildman–Crippen LogP) is 4.95. The van der Waals surface area contributed by atoms with Crippen molar-refractivity contribution in [3.05, 3.63) is 74.4 Å². The van der Waals surface area contributed by atoms with Crippen molar-refractivity contribution in [3.8, 4) is 11.3 Å². The average Bonchev–Trinajstić information content (AvgIpc) is 3.38. The molecule has 2 heterocycles. The van der Waals surface area contributed by atoms with Gasteiger partial charge in [0.15, 0.2) is 0 Å². The van der Waals surface area contributed by atoms with Crippen molar-refractivity contribution >= 4 is 11.6 Å². The summed E-state index contributed by atoms with van der Waals surface area (Å²) in [6.45, 7) is 8.80. The molecule has 0 atom stereocenters. The maximum atomic E-state index is 13.1. The Morgan fingerprint density at radius 3 is 2.30 bits per heavy atom. The first-order valence-corrected chi connectivity index (χ1v) is 13.2. The van der Waals surface area contributed by atoms with Crippen LogP contribution in [0.3, 0.4) is 0 Å². The zero-order valence-corrected chi connectivity index (χ0v) is 23.0. The van der Waals surface area contributed by atoms with Crippen molar-refractivity contribution in [2.24, 2.45) is 5.73 Å². The summed E-state index contributed by atoms with van der Waals surface area (Å²) in [5, 5.41) is 0. The lowest BCUT2D eigenvalue weighted by Gasteiger charge is -2.41. The van der Waals surface area contributed by atoms with E-state index in [4.69, 9.17) is 10.2 Å². The molecule has 2 aromatic heterocycles. The number of nitrogens with two attached hydrogens (primary N) is 1. The van der Waals surface area contributed by atoms with E-state index in [1.54, 1.807) is 6.26 Å². The molecule has 1 aliphatic carbocycles. The quantitative estimate of drug-likeness (QED) is 0.453. The van der Waals surface area contributed by atoms with Gasteiger partial charge >= 0.3 is 0 Å². The van der Waals surface area contributed by atoms with Gasteiger partial charge in [0.25, 0.3) is 5.56 Å². The fraction of sp³-hybridized carbons (Fsp3) is 0.467. The summed E-state index contributed by atoms with van der Waals surface area (Å²) in [7, 11) is 4.30. The van der Waals surface area contributed by atoms with E-state index in [0.29, 0.717) is 29.8 Å². The van der Waals surface area contributed by atoms with Crippen molar-refractivity contribution in [2.45, 2.75) is 71.9 Å². The highest BCUT2D eigenvalue weighted by Crippen LogP contribution is 2.41. The lowest BCUT2D eigenvalue weighted by Crippen LogP contribution is -2.43. The molecule has 3 N–H and O–H groups in total. The molecule has 7 nitrogen and oxygen atoms in total. The van der Waals surface area contributed by atoms with Gasteiger partial charge in [-0.15, -0.1) is 0 Å². The predicted molar refractivity (Wildman–Crippen MR) is 149 cm³/mol. The number of nitrogens with one attached hydrogen (secondary N) is 1.